The zero-order valence-corrected chi connectivity index (χ0v) is 8.73. The highest BCUT2D eigenvalue weighted by molar-refractivity contribution is 5.72. The Morgan fingerprint density at radius 2 is 2.07 bits per heavy atom. The Labute approximate surface area is 84.5 Å². The summed E-state index contributed by atoms with van der Waals surface area (Å²) in [6, 6.07) is 5.16. The number of halogens is 1. The molecule has 1 aromatic carbocycles. The summed E-state index contributed by atoms with van der Waals surface area (Å²) in [7, 11) is 0. The summed E-state index contributed by atoms with van der Waals surface area (Å²) in [6.07, 6.45) is 3.19. The smallest absolute Gasteiger partial charge is 0.123 e. The van der Waals surface area contributed by atoms with E-state index in [4.69, 9.17) is 0 Å². The summed E-state index contributed by atoms with van der Waals surface area (Å²) in [6.45, 7) is 4.30. The lowest BCUT2D eigenvalue weighted by Crippen LogP contribution is -2.03. The standard InChI is InChI=1S/C13H15F/c1-3-12-9(2)4-5-10-6-7-11(14)8-13(10)12/h6-8H,3-5H2,1-2H3. The van der Waals surface area contributed by atoms with Crippen LogP contribution in [-0.4, -0.2) is 0 Å². The SMILES string of the molecule is CCC1=C(C)CCc2ccc(F)cc21. The van der Waals surface area contributed by atoms with Crippen LogP contribution in [0.5, 0.6) is 0 Å². The highest BCUT2D eigenvalue weighted by atomic mass is 19.1. The van der Waals surface area contributed by atoms with Gasteiger partial charge in [0.05, 0.1) is 0 Å². The monoisotopic (exact) mass is 190 g/mol. The maximum Gasteiger partial charge on any atom is 0.123 e. The predicted octanol–water partition coefficient (Wildman–Crippen LogP) is 3.96. The third-order valence-corrected chi connectivity index (χ3v) is 3.04. The molecule has 1 aliphatic rings. The van der Waals surface area contributed by atoms with Gasteiger partial charge in [0.2, 0.25) is 0 Å². The lowest BCUT2D eigenvalue weighted by atomic mass is 9.85. The lowest BCUT2D eigenvalue weighted by molar-refractivity contribution is 0.625. The molecule has 0 amide bonds. The van der Waals surface area contributed by atoms with E-state index in [1.165, 1.54) is 16.7 Å². The summed E-state index contributed by atoms with van der Waals surface area (Å²) < 4.78 is 13.1. The Morgan fingerprint density at radius 1 is 1.29 bits per heavy atom. The van der Waals surface area contributed by atoms with Crippen molar-refractivity contribution in [3.05, 3.63) is 40.7 Å². The van der Waals surface area contributed by atoms with Crippen LogP contribution in [0.3, 0.4) is 0 Å². The minimum absolute atomic E-state index is 0.121. The molecule has 0 radical (unpaired) electrons. The van der Waals surface area contributed by atoms with Gasteiger partial charge < -0.3 is 0 Å². The lowest BCUT2D eigenvalue weighted by Gasteiger charge is -2.20. The molecule has 0 N–H and O–H groups in total. The molecular formula is C13H15F. The second kappa shape index (κ2) is 3.56. The molecule has 0 bridgehead atoms. The van der Waals surface area contributed by atoms with Crippen LogP contribution in [0.1, 0.15) is 37.8 Å². The van der Waals surface area contributed by atoms with Crippen molar-refractivity contribution in [2.45, 2.75) is 33.1 Å². The highest BCUT2D eigenvalue weighted by Gasteiger charge is 2.15. The van der Waals surface area contributed by atoms with E-state index in [1.54, 1.807) is 12.1 Å². The van der Waals surface area contributed by atoms with Crippen molar-refractivity contribution >= 4 is 5.57 Å². The van der Waals surface area contributed by atoms with E-state index in [-0.39, 0.29) is 5.82 Å². The van der Waals surface area contributed by atoms with Crippen LogP contribution in [0.25, 0.3) is 5.57 Å². The number of hydrogen-bond acceptors (Lipinski definition) is 0. The molecule has 2 rings (SSSR count). The molecule has 14 heavy (non-hydrogen) atoms. The summed E-state index contributed by atoms with van der Waals surface area (Å²) in [5.41, 5.74) is 5.20. The number of rotatable bonds is 1. The first kappa shape index (κ1) is 9.45. The summed E-state index contributed by atoms with van der Waals surface area (Å²) in [4.78, 5) is 0. The molecule has 1 aromatic rings. The molecule has 0 heterocycles. The molecule has 1 heteroatoms. The van der Waals surface area contributed by atoms with Crippen molar-refractivity contribution in [3.8, 4) is 0 Å². The summed E-state index contributed by atoms with van der Waals surface area (Å²) in [5.74, 6) is -0.121. The molecule has 0 aliphatic heterocycles. The third kappa shape index (κ3) is 1.47. The van der Waals surface area contributed by atoms with Crippen LogP contribution in [0.2, 0.25) is 0 Å². The average Bonchev–Trinajstić information content (AvgIpc) is 2.17. The first-order valence-electron chi connectivity index (χ1n) is 5.19. The number of aryl methyl sites for hydroxylation is 1. The molecule has 0 fully saturated rings. The molecule has 0 saturated heterocycles. The Balaban J connectivity index is 2.58. The zero-order valence-electron chi connectivity index (χ0n) is 8.73. The van der Waals surface area contributed by atoms with Gasteiger partial charge in [-0.2, -0.15) is 0 Å². The molecule has 0 aromatic heterocycles. The van der Waals surface area contributed by atoms with Crippen LogP contribution in [0.4, 0.5) is 4.39 Å². The van der Waals surface area contributed by atoms with Gasteiger partial charge in [0.15, 0.2) is 0 Å². The number of benzene rings is 1. The minimum Gasteiger partial charge on any atom is -0.207 e. The van der Waals surface area contributed by atoms with E-state index in [1.807, 2.05) is 6.07 Å². The Morgan fingerprint density at radius 3 is 2.79 bits per heavy atom. The molecule has 0 unspecified atom stereocenters. The van der Waals surface area contributed by atoms with Gasteiger partial charge in [-0.3, -0.25) is 0 Å². The fourth-order valence-electron chi connectivity index (χ4n) is 2.24. The zero-order chi connectivity index (χ0) is 10.1. The molecule has 0 spiro atoms. The van der Waals surface area contributed by atoms with Crippen molar-refractivity contribution in [1.82, 2.24) is 0 Å². The van der Waals surface area contributed by atoms with Gasteiger partial charge in [-0.05, 0) is 55.0 Å². The normalized spacial score (nSPS) is 15.6. The van der Waals surface area contributed by atoms with Crippen LogP contribution in [0, 0.1) is 5.82 Å². The Kier molecular flexibility index (Phi) is 2.40. The van der Waals surface area contributed by atoms with E-state index in [0.717, 1.165) is 24.8 Å². The second-order valence-electron chi connectivity index (χ2n) is 3.91. The molecule has 0 nitrogen and oxygen atoms in total. The van der Waals surface area contributed by atoms with E-state index < -0.39 is 0 Å². The molecular weight excluding hydrogens is 175 g/mol. The van der Waals surface area contributed by atoms with Crippen molar-refractivity contribution < 1.29 is 4.39 Å². The topological polar surface area (TPSA) is 0 Å². The summed E-state index contributed by atoms with van der Waals surface area (Å²) in [5, 5.41) is 0. The van der Waals surface area contributed by atoms with Crippen LogP contribution in [-0.2, 0) is 6.42 Å². The fourth-order valence-corrected chi connectivity index (χ4v) is 2.24. The van der Waals surface area contributed by atoms with Gasteiger partial charge in [-0.25, -0.2) is 4.39 Å². The van der Waals surface area contributed by atoms with Gasteiger partial charge in [0.1, 0.15) is 5.82 Å². The first-order valence-corrected chi connectivity index (χ1v) is 5.19. The van der Waals surface area contributed by atoms with Crippen LogP contribution >= 0.6 is 0 Å². The molecule has 0 atom stereocenters. The van der Waals surface area contributed by atoms with E-state index in [0.29, 0.717) is 0 Å². The van der Waals surface area contributed by atoms with E-state index >= 15 is 0 Å². The van der Waals surface area contributed by atoms with Crippen molar-refractivity contribution in [2.24, 2.45) is 0 Å². The number of allylic oxidation sites excluding steroid dienone is 2. The minimum atomic E-state index is -0.121. The second-order valence-corrected chi connectivity index (χ2v) is 3.91. The quantitative estimate of drug-likeness (QED) is 0.629. The van der Waals surface area contributed by atoms with Crippen molar-refractivity contribution in [1.29, 1.82) is 0 Å². The third-order valence-electron chi connectivity index (χ3n) is 3.04. The maximum absolute atomic E-state index is 13.1. The van der Waals surface area contributed by atoms with Crippen molar-refractivity contribution in [3.63, 3.8) is 0 Å². The Hall–Kier alpha value is -1.11. The van der Waals surface area contributed by atoms with Gasteiger partial charge in [0.25, 0.3) is 0 Å². The summed E-state index contributed by atoms with van der Waals surface area (Å²) >= 11 is 0. The predicted molar refractivity (Wildman–Crippen MR) is 57.6 cm³/mol. The number of fused-ring (bicyclic) bond motifs is 1. The van der Waals surface area contributed by atoms with Gasteiger partial charge in [-0.15, -0.1) is 0 Å². The highest BCUT2D eigenvalue weighted by Crippen LogP contribution is 2.33. The molecule has 1 aliphatic carbocycles. The maximum atomic E-state index is 13.1. The van der Waals surface area contributed by atoms with E-state index in [9.17, 15) is 4.39 Å². The largest absolute Gasteiger partial charge is 0.207 e. The van der Waals surface area contributed by atoms with Gasteiger partial charge in [0, 0.05) is 0 Å². The fraction of sp³-hybridized carbons (Fsp3) is 0.385. The van der Waals surface area contributed by atoms with Crippen LogP contribution in [0.15, 0.2) is 23.8 Å². The van der Waals surface area contributed by atoms with Gasteiger partial charge in [-0.1, -0.05) is 18.6 Å². The van der Waals surface area contributed by atoms with Crippen LogP contribution < -0.4 is 0 Å². The number of hydrogen-bond donors (Lipinski definition) is 0. The molecule has 74 valence electrons. The van der Waals surface area contributed by atoms with E-state index in [2.05, 4.69) is 13.8 Å². The average molecular weight is 190 g/mol. The Bertz CT molecular complexity index is 388. The molecule has 0 saturated carbocycles. The first-order chi connectivity index (χ1) is 6.72. The van der Waals surface area contributed by atoms with Crippen molar-refractivity contribution in [2.75, 3.05) is 0 Å². The van der Waals surface area contributed by atoms with Gasteiger partial charge >= 0.3 is 0 Å².